The van der Waals surface area contributed by atoms with Crippen molar-refractivity contribution < 1.29 is 4.79 Å². The van der Waals surface area contributed by atoms with Crippen molar-refractivity contribution >= 4 is 11.7 Å². The number of hydrogen-bond donors (Lipinski definition) is 1. The van der Waals surface area contributed by atoms with E-state index in [-0.39, 0.29) is 18.1 Å². The quantitative estimate of drug-likeness (QED) is 0.847. The minimum absolute atomic E-state index is 0.247. The normalized spacial score (nSPS) is 10.0. The zero-order valence-corrected chi connectivity index (χ0v) is 10.7. The van der Waals surface area contributed by atoms with Gasteiger partial charge in [-0.25, -0.2) is 15.0 Å². The SMILES string of the molecule is CN(C)c1ccnc(CNC(=O)c2cnccn2)n1. The third-order valence-electron chi connectivity index (χ3n) is 2.35. The second-order valence-corrected chi connectivity index (χ2v) is 4.00. The molecule has 0 aliphatic heterocycles. The van der Waals surface area contributed by atoms with E-state index >= 15 is 0 Å². The number of hydrogen-bond acceptors (Lipinski definition) is 6. The van der Waals surface area contributed by atoms with Gasteiger partial charge in [0.1, 0.15) is 17.3 Å². The van der Waals surface area contributed by atoms with Crippen LogP contribution in [0.5, 0.6) is 0 Å². The molecule has 98 valence electrons. The lowest BCUT2D eigenvalue weighted by Crippen LogP contribution is -2.25. The van der Waals surface area contributed by atoms with E-state index in [0.29, 0.717) is 5.82 Å². The predicted octanol–water partition coefficient (Wildman–Crippen LogP) is 0.263. The summed E-state index contributed by atoms with van der Waals surface area (Å²) in [6.07, 6.45) is 6.05. The minimum Gasteiger partial charge on any atom is -0.363 e. The summed E-state index contributed by atoms with van der Waals surface area (Å²) in [6.45, 7) is 0.247. The molecule has 2 aromatic heterocycles. The molecule has 0 fully saturated rings. The topological polar surface area (TPSA) is 83.9 Å². The fourth-order valence-corrected chi connectivity index (χ4v) is 1.39. The lowest BCUT2D eigenvalue weighted by Gasteiger charge is -2.11. The molecular weight excluding hydrogens is 244 g/mol. The van der Waals surface area contributed by atoms with Crippen LogP contribution in [0.3, 0.4) is 0 Å². The van der Waals surface area contributed by atoms with Crippen LogP contribution in [0.4, 0.5) is 5.82 Å². The fraction of sp³-hybridized carbons (Fsp3) is 0.250. The Hall–Kier alpha value is -2.57. The van der Waals surface area contributed by atoms with Gasteiger partial charge in [-0.15, -0.1) is 0 Å². The van der Waals surface area contributed by atoms with Crippen molar-refractivity contribution in [2.24, 2.45) is 0 Å². The van der Waals surface area contributed by atoms with Crippen LogP contribution < -0.4 is 10.2 Å². The zero-order valence-electron chi connectivity index (χ0n) is 10.7. The first-order valence-corrected chi connectivity index (χ1v) is 5.70. The molecule has 2 aromatic rings. The van der Waals surface area contributed by atoms with Gasteiger partial charge < -0.3 is 10.2 Å². The third kappa shape index (κ3) is 3.44. The Kier molecular flexibility index (Phi) is 3.97. The Labute approximate surface area is 110 Å². The Bertz CT molecular complexity index is 557. The molecule has 7 nitrogen and oxygen atoms in total. The summed E-state index contributed by atoms with van der Waals surface area (Å²) in [5.74, 6) is 1.04. The second-order valence-electron chi connectivity index (χ2n) is 4.00. The summed E-state index contributed by atoms with van der Waals surface area (Å²) in [5, 5.41) is 2.70. The summed E-state index contributed by atoms with van der Waals surface area (Å²) in [7, 11) is 3.79. The molecule has 1 N–H and O–H groups in total. The van der Waals surface area contributed by atoms with Crippen molar-refractivity contribution in [2.45, 2.75) is 6.54 Å². The first kappa shape index (κ1) is 12.9. The Balaban J connectivity index is 1.99. The van der Waals surface area contributed by atoms with E-state index in [9.17, 15) is 4.79 Å². The molecule has 0 bridgehead atoms. The summed E-state index contributed by atoms with van der Waals surface area (Å²) in [4.78, 5) is 29.8. The summed E-state index contributed by atoms with van der Waals surface area (Å²) in [5.41, 5.74) is 0.270. The van der Waals surface area contributed by atoms with Gasteiger partial charge in [0.25, 0.3) is 5.91 Å². The van der Waals surface area contributed by atoms with Gasteiger partial charge >= 0.3 is 0 Å². The molecule has 0 unspecified atom stereocenters. The van der Waals surface area contributed by atoms with E-state index in [2.05, 4.69) is 25.3 Å². The largest absolute Gasteiger partial charge is 0.363 e. The molecular formula is C12H14N6O. The maximum Gasteiger partial charge on any atom is 0.271 e. The van der Waals surface area contributed by atoms with Crippen LogP contribution in [0.25, 0.3) is 0 Å². The molecule has 0 saturated carbocycles. The van der Waals surface area contributed by atoms with E-state index < -0.39 is 0 Å². The Morgan fingerprint density at radius 2 is 2.11 bits per heavy atom. The number of amides is 1. The number of aromatic nitrogens is 4. The molecule has 0 atom stereocenters. The van der Waals surface area contributed by atoms with E-state index in [1.54, 1.807) is 12.3 Å². The molecule has 1 amide bonds. The molecule has 2 heterocycles. The van der Waals surface area contributed by atoms with Crippen molar-refractivity contribution in [1.82, 2.24) is 25.3 Å². The van der Waals surface area contributed by atoms with Crippen LogP contribution in [0.15, 0.2) is 30.9 Å². The predicted molar refractivity (Wildman–Crippen MR) is 69.6 cm³/mol. The van der Waals surface area contributed by atoms with Crippen LogP contribution in [0, 0.1) is 0 Å². The van der Waals surface area contributed by atoms with Crippen LogP contribution in [-0.2, 0) is 6.54 Å². The summed E-state index contributed by atoms with van der Waals surface area (Å²) < 4.78 is 0. The molecule has 0 radical (unpaired) electrons. The molecule has 0 aromatic carbocycles. The van der Waals surface area contributed by atoms with Gasteiger partial charge in [0, 0.05) is 32.7 Å². The van der Waals surface area contributed by atoms with Gasteiger partial charge in [-0.2, -0.15) is 0 Å². The molecule has 0 spiro atoms. The fourth-order valence-electron chi connectivity index (χ4n) is 1.39. The number of anilines is 1. The number of carbonyl (C=O) groups excluding carboxylic acids is 1. The van der Waals surface area contributed by atoms with Crippen molar-refractivity contribution in [3.05, 3.63) is 42.4 Å². The van der Waals surface area contributed by atoms with Gasteiger partial charge in [0.05, 0.1) is 12.7 Å². The number of nitrogens with zero attached hydrogens (tertiary/aromatic N) is 5. The van der Waals surface area contributed by atoms with E-state index in [0.717, 1.165) is 5.82 Å². The first-order valence-electron chi connectivity index (χ1n) is 5.70. The molecule has 0 saturated heterocycles. The van der Waals surface area contributed by atoms with Gasteiger partial charge in [0.2, 0.25) is 0 Å². The highest BCUT2D eigenvalue weighted by Gasteiger charge is 2.07. The zero-order chi connectivity index (χ0) is 13.7. The molecule has 0 aliphatic carbocycles. The highest BCUT2D eigenvalue weighted by atomic mass is 16.1. The Morgan fingerprint density at radius 1 is 1.26 bits per heavy atom. The minimum atomic E-state index is -0.299. The average molecular weight is 258 g/mol. The Morgan fingerprint density at radius 3 is 2.79 bits per heavy atom. The molecule has 7 heteroatoms. The standard InChI is InChI=1S/C12H14N6O/c1-18(2)11-3-4-15-10(17-11)8-16-12(19)9-7-13-5-6-14-9/h3-7H,8H2,1-2H3,(H,16,19). The smallest absolute Gasteiger partial charge is 0.271 e. The highest BCUT2D eigenvalue weighted by molar-refractivity contribution is 5.91. The number of carbonyl (C=O) groups is 1. The lowest BCUT2D eigenvalue weighted by atomic mass is 10.4. The van der Waals surface area contributed by atoms with Crippen LogP contribution >= 0.6 is 0 Å². The van der Waals surface area contributed by atoms with Gasteiger partial charge in [-0.1, -0.05) is 0 Å². The van der Waals surface area contributed by atoms with E-state index in [1.807, 2.05) is 19.0 Å². The average Bonchev–Trinajstić information content (AvgIpc) is 2.46. The summed E-state index contributed by atoms with van der Waals surface area (Å²) in [6, 6.07) is 1.80. The lowest BCUT2D eigenvalue weighted by molar-refractivity contribution is 0.0944. The second kappa shape index (κ2) is 5.85. The van der Waals surface area contributed by atoms with Crippen molar-refractivity contribution in [3.8, 4) is 0 Å². The molecule has 19 heavy (non-hydrogen) atoms. The number of nitrogens with one attached hydrogen (secondary N) is 1. The van der Waals surface area contributed by atoms with Gasteiger partial charge in [0.15, 0.2) is 0 Å². The molecule has 0 aliphatic rings. The van der Waals surface area contributed by atoms with Gasteiger partial charge in [-0.3, -0.25) is 9.78 Å². The summed E-state index contributed by atoms with van der Waals surface area (Å²) >= 11 is 0. The van der Waals surface area contributed by atoms with Crippen molar-refractivity contribution in [2.75, 3.05) is 19.0 Å². The van der Waals surface area contributed by atoms with Crippen LogP contribution in [-0.4, -0.2) is 39.9 Å². The van der Waals surface area contributed by atoms with Crippen LogP contribution in [0.1, 0.15) is 16.3 Å². The monoisotopic (exact) mass is 258 g/mol. The van der Waals surface area contributed by atoms with E-state index in [1.165, 1.54) is 18.6 Å². The van der Waals surface area contributed by atoms with Crippen molar-refractivity contribution in [1.29, 1.82) is 0 Å². The van der Waals surface area contributed by atoms with Crippen molar-refractivity contribution in [3.63, 3.8) is 0 Å². The van der Waals surface area contributed by atoms with Gasteiger partial charge in [-0.05, 0) is 6.07 Å². The third-order valence-corrected chi connectivity index (χ3v) is 2.35. The van der Waals surface area contributed by atoms with E-state index in [4.69, 9.17) is 0 Å². The highest BCUT2D eigenvalue weighted by Crippen LogP contribution is 2.05. The number of rotatable bonds is 4. The van der Waals surface area contributed by atoms with Crippen LogP contribution in [0.2, 0.25) is 0 Å². The first-order chi connectivity index (χ1) is 9.16. The maximum atomic E-state index is 11.8. The maximum absolute atomic E-state index is 11.8. The molecule has 2 rings (SSSR count).